The van der Waals surface area contributed by atoms with Gasteiger partial charge in [-0.15, -0.1) is 0 Å². The van der Waals surface area contributed by atoms with Crippen molar-refractivity contribution in [1.29, 1.82) is 5.41 Å². The molecule has 0 bridgehead atoms. The summed E-state index contributed by atoms with van der Waals surface area (Å²) in [7, 11) is -2.14. The summed E-state index contributed by atoms with van der Waals surface area (Å²) >= 11 is 0. The first-order valence-corrected chi connectivity index (χ1v) is 6.37. The van der Waals surface area contributed by atoms with Crippen molar-refractivity contribution < 1.29 is 8.42 Å². The smallest absolute Gasteiger partial charge is 0.300 e. The van der Waals surface area contributed by atoms with Crippen LogP contribution >= 0.6 is 0 Å². The maximum absolute atomic E-state index is 11.7. The van der Waals surface area contributed by atoms with E-state index in [1.807, 2.05) is 0 Å². The molecular formula is C8H16N6O2S. The minimum absolute atomic E-state index is 0.158. The SMILES string of the molecule is CC(C)NS(=O)(=O)Nc1c(C(=N)N)cnn1C. The molecule has 0 aromatic carbocycles. The summed E-state index contributed by atoms with van der Waals surface area (Å²) in [6.45, 7) is 3.41. The number of rotatable bonds is 5. The molecule has 0 spiro atoms. The Labute approximate surface area is 99.9 Å². The Morgan fingerprint density at radius 1 is 1.59 bits per heavy atom. The van der Waals surface area contributed by atoms with Crippen LogP contribution in [0.15, 0.2) is 6.20 Å². The molecule has 5 N–H and O–H groups in total. The third-order valence-electron chi connectivity index (χ3n) is 1.85. The number of aromatic nitrogens is 2. The van der Waals surface area contributed by atoms with Crippen LogP contribution in [0.5, 0.6) is 0 Å². The van der Waals surface area contributed by atoms with Crippen molar-refractivity contribution in [3.63, 3.8) is 0 Å². The van der Waals surface area contributed by atoms with Crippen LogP contribution in [0.2, 0.25) is 0 Å². The first-order chi connectivity index (χ1) is 7.73. The van der Waals surface area contributed by atoms with Gasteiger partial charge in [-0.25, -0.2) is 0 Å². The predicted octanol–water partition coefficient (Wildman–Crippen LogP) is -0.641. The maximum Gasteiger partial charge on any atom is 0.300 e. The van der Waals surface area contributed by atoms with Gasteiger partial charge in [0.25, 0.3) is 0 Å². The molecule has 1 heterocycles. The minimum atomic E-state index is -3.70. The van der Waals surface area contributed by atoms with Gasteiger partial charge in [0.2, 0.25) is 0 Å². The summed E-state index contributed by atoms with van der Waals surface area (Å²) in [5.74, 6) is -0.0917. The Morgan fingerprint density at radius 2 is 2.18 bits per heavy atom. The second-order valence-corrected chi connectivity index (χ2v) is 5.27. The molecule has 0 aliphatic carbocycles. The molecule has 96 valence electrons. The number of amidine groups is 1. The lowest BCUT2D eigenvalue weighted by atomic mass is 10.3. The Balaban J connectivity index is 3.03. The lowest BCUT2D eigenvalue weighted by molar-refractivity contribution is 0.574. The topological polar surface area (TPSA) is 126 Å². The molecule has 0 saturated heterocycles. The lowest BCUT2D eigenvalue weighted by Gasteiger charge is -2.12. The molecule has 1 rings (SSSR count). The van der Waals surface area contributed by atoms with E-state index >= 15 is 0 Å². The standard InChI is InChI=1S/C8H16N6O2S/c1-5(2)12-17(15,16)13-8-6(7(9)10)4-11-14(8)3/h4-5,12-13H,1-3H3,(H3,9,10). The van der Waals surface area contributed by atoms with Gasteiger partial charge < -0.3 is 5.73 Å². The second-order valence-electron chi connectivity index (χ2n) is 3.82. The van der Waals surface area contributed by atoms with Gasteiger partial charge in [-0.1, -0.05) is 0 Å². The van der Waals surface area contributed by atoms with E-state index in [0.717, 1.165) is 0 Å². The molecule has 0 radical (unpaired) electrons. The number of aryl methyl sites for hydroxylation is 1. The number of nitrogens with one attached hydrogen (secondary N) is 3. The molecule has 9 heteroatoms. The van der Waals surface area contributed by atoms with Gasteiger partial charge in [0.05, 0.1) is 11.8 Å². The molecule has 0 fully saturated rings. The van der Waals surface area contributed by atoms with Gasteiger partial charge in [-0.05, 0) is 13.8 Å². The lowest BCUT2D eigenvalue weighted by Crippen LogP contribution is -2.36. The van der Waals surface area contributed by atoms with Gasteiger partial charge >= 0.3 is 10.2 Å². The first kappa shape index (κ1) is 13.5. The fourth-order valence-electron chi connectivity index (χ4n) is 1.22. The van der Waals surface area contributed by atoms with Crippen LogP contribution < -0.4 is 15.2 Å². The average Bonchev–Trinajstić information content (AvgIpc) is 2.44. The highest BCUT2D eigenvalue weighted by molar-refractivity contribution is 7.90. The number of hydrogen-bond donors (Lipinski definition) is 4. The first-order valence-electron chi connectivity index (χ1n) is 4.89. The zero-order valence-corrected chi connectivity index (χ0v) is 10.7. The van der Waals surface area contributed by atoms with Crippen LogP contribution in [0, 0.1) is 5.41 Å². The van der Waals surface area contributed by atoms with E-state index in [2.05, 4.69) is 14.5 Å². The van der Waals surface area contributed by atoms with E-state index in [1.165, 1.54) is 10.9 Å². The number of nitrogens with two attached hydrogens (primary N) is 1. The summed E-state index contributed by atoms with van der Waals surface area (Å²) in [5, 5.41) is 11.2. The van der Waals surface area contributed by atoms with Crippen molar-refractivity contribution in [3.8, 4) is 0 Å². The van der Waals surface area contributed by atoms with Crippen LogP contribution in [0.3, 0.4) is 0 Å². The largest absolute Gasteiger partial charge is 0.384 e. The zero-order chi connectivity index (χ0) is 13.2. The zero-order valence-electron chi connectivity index (χ0n) is 9.85. The van der Waals surface area contributed by atoms with Crippen LogP contribution in [0.25, 0.3) is 0 Å². The summed E-state index contributed by atoms with van der Waals surface area (Å²) < 4.78 is 29.3. The van der Waals surface area contributed by atoms with Crippen molar-refractivity contribution in [2.45, 2.75) is 19.9 Å². The highest BCUT2D eigenvalue weighted by Gasteiger charge is 2.18. The van der Waals surface area contributed by atoms with E-state index in [1.54, 1.807) is 20.9 Å². The van der Waals surface area contributed by atoms with Crippen molar-refractivity contribution >= 4 is 21.9 Å². The third kappa shape index (κ3) is 3.43. The molecule has 0 aliphatic heterocycles. The van der Waals surface area contributed by atoms with Gasteiger partial charge in [-0.2, -0.15) is 18.2 Å². The number of nitrogen functional groups attached to an aromatic ring is 1. The fourth-order valence-corrected chi connectivity index (χ4v) is 2.40. The molecule has 0 unspecified atom stereocenters. The minimum Gasteiger partial charge on any atom is -0.384 e. The van der Waals surface area contributed by atoms with E-state index in [4.69, 9.17) is 11.1 Å². The Bertz CT molecular complexity index is 518. The van der Waals surface area contributed by atoms with Gasteiger partial charge in [0.1, 0.15) is 11.7 Å². The summed E-state index contributed by atoms with van der Waals surface area (Å²) in [6, 6.07) is -0.235. The van der Waals surface area contributed by atoms with Gasteiger partial charge in [0, 0.05) is 13.1 Å². The van der Waals surface area contributed by atoms with E-state index < -0.39 is 10.2 Å². The Morgan fingerprint density at radius 3 is 2.65 bits per heavy atom. The van der Waals surface area contributed by atoms with Gasteiger partial charge in [-0.3, -0.25) is 14.8 Å². The molecule has 0 aliphatic rings. The van der Waals surface area contributed by atoms with Crippen molar-refractivity contribution in [3.05, 3.63) is 11.8 Å². The van der Waals surface area contributed by atoms with Crippen molar-refractivity contribution in [1.82, 2.24) is 14.5 Å². The second kappa shape index (κ2) is 4.72. The van der Waals surface area contributed by atoms with E-state index in [9.17, 15) is 8.42 Å². The maximum atomic E-state index is 11.7. The molecule has 0 amide bonds. The Kier molecular flexibility index (Phi) is 3.73. The van der Waals surface area contributed by atoms with Crippen LogP contribution in [0.1, 0.15) is 19.4 Å². The summed E-state index contributed by atoms with van der Waals surface area (Å²) in [5.41, 5.74) is 5.56. The number of nitrogens with zero attached hydrogens (tertiary/aromatic N) is 2. The molecule has 1 aromatic rings. The summed E-state index contributed by atoms with van der Waals surface area (Å²) in [6.07, 6.45) is 1.33. The average molecular weight is 260 g/mol. The monoisotopic (exact) mass is 260 g/mol. The highest BCUT2D eigenvalue weighted by atomic mass is 32.2. The molecular weight excluding hydrogens is 244 g/mol. The number of anilines is 1. The fraction of sp³-hybridized carbons (Fsp3) is 0.500. The Hall–Kier alpha value is -1.61. The normalized spacial score (nSPS) is 11.8. The van der Waals surface area contributed by atoms with Crippen LogP contribution in [0.4, 0.5) is 5.82 Å². The van der Waals surface area contributed by atoms with Crippen molar-refractivity contribution in [2.24, 2.45) is 12.8 Å². The van der Waals surface area contributed by atoms with Crippen molar-refractivity contribution in [2.75, 3.05) is 4.72 Å². The molecule has 0 saturated carbocycles. The highest BCUT2D eigenvalue weighted by Crippen LogP contribution is 2.14. The molecule has 17 heavy (non-hydrogen) atoms. The summed E-state index contributed by atoms with van der Waals surface area (Å²) in [4.78, 5) is 0. The number of hydrogen-bond acceptors (Lipinski definition) is 4. The predicted molar refractivity (Wildman–Crippen MR) is 65.0 cm³/mol. The quantitative estimate of drug-likeness (QED) is 0.415. The van der Waals surface area contributed by atoms with Crippen LogP contribution in [-0.4, -0.2) is 30.1 Å². The van der Waals surface area contributed by atoms with E-state index in [0.29, 0.717) is 0 Å². The molecule has 8 nitrogen and oxygen atoms in total. The van der Waals surface area contributed by atoms with Crippen LogP contribution in [-0.2, 0) is 17.3 Å². The van der Waals surface area contributed by atoms with Gasteiger partial charge in [0.15, 0.2) is 0 Å². The third-order valence-corrected chi connectivity index (χ3v) is 3.09. The molecule has 1 aromatic heterocycles. The molecule has 0 atom stereocenters. The van der Waals surface area contributed by atoms with E-state index in [-0.39, 0.29) is 23.3 Å².